The number of aliphatic hydroxyl groups is 2. The molecule has 42 heavy (non-hydrogen) atoms. The Bertz CT molecular complexity index is 927. The maximum Gasteiger partial charge on any atom is 0.167 e. The third-order valence-electron chi connectivity index (χ3n) is 5.98. The van der Waals surface area contributed by atoms with E-state index >= 15 is 0 Å². The van der Waals surface area contributed by atoms with Crippen molar-refractivity contribution in [2.24, 2.45) is 5.73 Å². The quantitative estimate of drug-likeness (QED) is 0.0570. The van der Waals surface area contributed by atoms with Crippen LogP contribution in [0.15, 0.2) is 12.7 Å². The first-order chi connectivity index (χ1) is 20.6. The molecule has 16 nitrogen and oxygen atoms in total. The van der Waals surface area contributed by atoms with E-state index < -0.39 is 18.4 Å². The average Bonchev–Trinajstić information content (AvgIpc) is 3.45. The van der Waals surface area contributed by atoms with Crippen LogP contribution in [0.2, 0.25) is 0 Å². The number of ether oxygens (including phenoxy) is 6. The van der Waals surface area contributed by atoms with Crippen LogP contribution in [0.1, 0.15) is 25.5 Å². The molecular weight excluding hydrogens is 556 g/mol. The van der Waals surface area contributed by atoms with Gasteiger partial charge in [0.1, 0.15) is 12.4 Å². The van der Waals surface area contributed by atoms with Crippen molar-refractivity contribution in [1.29, 1.82) is 0 Å². The van der Waals surface area contributed by atoms with Crippen LogP contribution < -0.4 is 11.1 Å². The highest BCUT2D eigenvalue weighted by atomic mass is 17.2. The summed E-state index contributed by atoms with van der Waals surface area (Å²) in [5.74, 6) is 0.516. The molecule has 2 heterocycles. The van der Waals surface area contributed by atoms with Crippen LogP contribution in [0.5, 0.6) is 0 Å². The molecule has 0 aromatic carbocycles. The van der Waals surface area contributed by atoms with Gasteiger partial charge in [0.25, 0.3) is 0 Å². The molecule has 0 spiro atoms. The van der Waals surface area contributed by atoms with Gasteiger partial charge in [0.2, 0.25) is 0 Å². The van der Waals surface area contributed by atoms with Crippen molar-refractivity contribution in [3.8, 4) is 0 Å². The minimum absolute atomic E-state index is 0.190. The van der Waals surface area contributed by atoms with Gasteiger partial charge in [-0.1, -0.05) is 0 Å². The van der Waals surface area contributed by atoms with E-state index in [0.717, 1.165) is 12.8 Å². The summed E-state index contributed by atoms with van der Waals surface area (Å²) in [6.45, 7) is 6.71. The van der Waals surface area contributed by atoms with Crippen molar-refractivity contribution in [3.63, 3.8) is 0 Å². The lowest BCUT2D eigenvalue weighted by Gasteiger charge is -2.26. The smallest absolute Gasteiger partial charge is 0.167 e. The molecule has 2 rings (SSSR count). The van der Waals surface area contributed by atoms with Gasteiger partial charge < -0.3 is 49.7 Å². The predicted octanol–water partition coefficient (Wildman–Crippen LogP) is -0.105. The Kier molecular flexibility index (Phi) is 20.1. The predicted molar refractivity (Wildman–Crippen MR) is 152 cm³/mol. The number of aromatic nitrogens is 4. The number of nitrogens with two attached hydrogens (primary N) is 1. The Morgan fingerprint density at radius 1 is 0.810 bits per heavy atom. The first-order valence-electron chi connectivity index (χ1n) is 14.2. The molecular formula is C26H48N6O10. The molecule has 16 heteroatoms. The van der Waals surface area contributed by atoms with E-state index in [9.17, 15) is 10.2 Å². The zero-order valence-corrected chi connectivity index (χ0v) is 24.7. The number of hydrogen-bond acceptors (Lipinski definition) is 15. The van der Waals surface area contributed by atoms with E-state index in [1.807, 2.05) is 0 Å². The Morgan fingerprint density at radius 3 is 1.98 bits per heavy atom. The van der Waals surface area contributed by atoms with E-state index in [0.29, 0.717) is 103 Å². The fourth-order valence-electron chi connectivity index (χ4n) is 3.76. The lowest BCUT2D eigenvalue weighted by molar-refractivity contribution is -0.277. The molecule has 3 unspecified atom stereocenters. The minimum atomic E-state index is -1.34. The summed E-state index contributed by atoms with van der Waals surface area (Å²) in [4.78, 5) is 22.2. The maximum absolute atomic E-state index is 10.8. The van der Waals surface area contributed by atoms with E-state index in [-0.39, 0.29) is 6.61 Å². The second kappa shape index (κ2) is 23.4. The molecule has 0 saturated heterocycles. The number of hydrogen-bond donors (Lipinski definition) is 4. The molecule has 0 bridgehead atoms. The average molecular weight is 605 g/mol. The van der Waals surface area contributed by atoms with Crippen molar-refractivity contribution in [3.05, 3.63) is 12.7 Å². The molecule has 0 aliphatic rings. The molecule has 2 aromatic heterocycles. The summed E-state index contributed by atoms with van der Waals surface area (Å²) in [5, 5.41) is 24.6. The van der Waals surface area contributed by atoms with Gasteiger partial charge in [-0.3, -0.25) is 4.57 Å². The monoisotopic (exact) mass is 604 g/mol. The number of imidazole rings is 1. The SMILES string of the molecule is COOCCC(OC)C(O)C(O)n1cnc2c(NCCCOCCOCCOCCOCCOCCCN)ncnc21. The van der Waals surface area contributed by atoms with E-state index in [1.54, 1.807) is 0 Å². The lowest BCUT2D eigenvalue weighted by Crippen LogP contribution is -2.37. The number of rotatable bonds is 28. The summed E-state index contributed by atoms with van der Waals surface area (Å²) < 4.78 is 34.0. The molecule has 3 atom stereocenters. The largest absolute Gasteiger partial charge is 0.386 e. The lowest BCUT2D eigenvalue weighted by atomic mass is 10.1. The Balaban J connectivity index is 1.55. The van der Waals surface area contributed by atoms with Gasteiger partial charge in [0, 0.05) is 33.3 Å². The molecule has 0 aliphatic heterocycles. The molecule has 0 saturated carbocycles. The molecule has 0 radical (unpaired) electrons. The summed E-state index contributed by atoms with van der Waals surface area (Å²) in [6.07, 6.45) is 1.38. The summed E-state index contributed by atoms with van der Waals surface area (Å²) in [5.41, 5.74) is 6.23. The van der Waals surface area contributed by atoms with E-state index in [2.05, 4.69) is 25.2 Å². The second-order valence-electron chi connectivity index (χ2n) is 8.99. The Hall–Kier alpha value is -2.09. The van der Waals surface area contributed by atoms with Crippen LogP contribution >= 0.6 is 0 Å². The van der Waals surface area contributed by atoms with Crippen molar-refractivity contribution in [1.82, 2.24) is 19.5 Å². The zero-order valence-electron chi connectivity index (χ0n) is 24.7. The Morgan fingerprint density at radius 2 is 1.40 bits per heavy atom. The van der Waals surface area contributed by atoms with Crippen LogP contribution in [0, 0.1) is 0 Å². The highest BCUT2D eigenvalue weighted by molar-refractivity contribution is 5.82. The van der Waals surface area contributed by atoms with Gasteiger partial charge in [0.15, 0.2) is 23.2 Å². The topological polar surface area (TPSA) is 196 Å². The first-order valence-corrected chi connectivity index (χ1v) is 14.2. The van der Waals surface area contributed by atoms with Crippen LogP contribution in [0.3, 0.4) is 0 Å². The van der Waals surface area contributed by atoms with Crippen LogP contribution in [0.4, 0.5) is 5.82 Å². The summed E-state index contributed by atoms with van der Waals surface area (Å²) in [7, 11) is 2.84. The standard InChI is InChI=1S/C26H48N6O10/c1-35-21(5-10-42-36-2)23(33)26(34)32-20-31-22-24(29-19-30-25(22)32)28-7-4-9-38-12-14-40-16-18-41-17-15-39-13-11-37-8-3-6-27/h19-21,23,26,33-34H,3-18,27H2,1-2H3,(H,28,29,30). The molecule has 5 N–H and O–H groups in total. The van der Waals surface area contributed by atoms with Crippen molar-refractivity contribution >= 4 is 17.0 Å². The van der Waals surface area contributed by atoms with Crippen LogP contribution in [-0.2, 0) is 38.2 Å². The highest BCUT2D eigenvalue weighted by Crippen LogP contribution is 2.23. The summed E-state index contributed by atoms with van der Waals surface area (Å²) in [6, 6.07) is 0. The van der Waals surface area contributed by atoms with Crippen LogP contribution in [0.25, 0.3) is 11.2 Å². The van der Waals surface area contributed by atoms with E-state index in [1.165, 1.54) is 31.4 Å². The fraction of sp³-hybridized carbons (Fsp3) is 0.808. The second-order valence-corrected chi connectivity index (χ2v) is 8.99. The normalized spacial score (nSPS) is 13.9. The van der Waals surface area contributed by atoms with Crippen LogP contribution in [-0.4, -0.2) is 142 Å². The molecule has 0 aliphatic carbocycles. The van der Waals surface area contributed by atoms with E-state index in [4.69, 9.17) is 39.0 Å². The zero-order chi connectivity index (χ0) is 30.3. The molecule has 0 amide bonds. The molecule has 242 valence electrons. The van der Waals surface area contributed by atoms with Gasteiger partial charge >= 0.3 is 0 Å². The highest BCUT2D eigenvalue weighted by Gasteiger charge is 2.29. The minimum Gasteiger partial charge on any atom is -0.386 e. The number of nitrogens with one attached hydrogen (secondary N) is 1. The summed E-state index contributed by atoms with van der Waals surface area (Å²) >= 11 is 0. The fourth-order valence-corrected chi connectivity index (χ4v) is 3.76. The number of anilines is 1. The third-order valence-corrected chi connectivity index (χ3v) is 5.98. The first kappa shape index (κ1) is 36.1. The number of fused-ring (bicyclic) bond motifs is 1. The van der Waals surface area contributed by atoms with Crippen molar-refractivity contribution in [2.75, 3.05) is 105 Å². The van der Waals surface area contributed by atoms with Gasteiger partial charge in [-0.2, -0.15) is 0 Å². The number of methoxy groups -OCH3 is 1. The van der Waals surface area contributed by atoms with Gasteiger partial charge in [-0.25, -0.2) is 24.7 Å². The van der Waals surface area contributed by atoms with Crippen molar-refractivity contribution in [2.45, 2.75) is 37.7 Å². The van der Waals surface area contributed by atoms with Gasteiger partial charge in [0.05, 0.1) is 79.0 Å². The maximum atomic E-state index is 10.8. The molecule has 2 aromatic rings. The number of nitrogens with zero attached hydrogens (tertiary/aromatic N) is 4. The Labute approximate surface area is 246 Å². The van der Waals surface area contributed by atoms with Crippen molar-refractivity contribution < 1.29 is 48.4 Å². The third kappa shape index (κ3) is 13.9. The number of aliphatic hydroxyl groups excluding tert-OH is 2. The van der Waals surface area contributed by atoms with Gasteiger partial charge in [-0.15, -0.1) is 0 Å². The van der Waals surface area contributed by atoms with Gasteiger partial charge in [-0.05, 0) is 19.4 Å². The molecule has 0 fully saturated rings.